The van der Waals surface area contributed by atoms with Gasteiger partial charge in [0.1, 0.15) is 0 Å². The molecule has 1 saturated heterocycles. The topological polar surface area (TPSA) is 32.8 Å². The van der Waals surface area contributed by atoms with Gasteiger partial charge in [-0.3, -0.25) is 9.69 Å². The lowest BCUT2D eigenvalue weighted by molar-refractivity contribution is 0.0594. The molecular formula is C19H24N2O2S. The molecule has 0 unspecified atom stereocenters. The van der Waals surface area contributed by atoms with Gasteiger partial charge in [-0.15, -0.1) is 11.3 Å². The second-order valence-electron chi connectivity index (χ2n) is 6.15. The van der Waals surface area contributed by atoms with Crippen LogP contribution in [-0.2, 0) is 4.74 Å². The van der Waals surface area contributed by atoms with Crippen LogP contribution in [0.1, 0.15) is 15.2 Å². The van der Waals surface area contributed by atoms with Crippen LogP contribution in [0, 0.1) is 6.92 Å². The molecule has 5 heteroatoms. The van der Waals surface area contributed by atoms with Crippen molar-refractivity contribution in [1.29, 1.82) is 0 Å². The molecule has 3 rings (SSSR count). The molecule has 1 amide bonds. The van der Waals surface area contributed by atoms with Gasteiger partial charge < -0.3 is 9.64 Å². The van der Waals surface area contributed by atoms with E-state index in [1.807, 2.05) is 29.2 Å². The summed E-state index contributed by atoms with van der Waals surface area (Å²) in [7, 11) is 1.72. The minimum absolute atomic E-state index is 0.134. The Labute approximate surface area is 147 Å². The number of ether oxygens (including phenoxy) is 1. The molecule has 128 valence electrons. The van der Waals surface area contributed by atoms with E-state index in [1.165, 1.54) is 16.0 Å². The Bertz CT molecular complexity index is 673. The average molecular weight is 344 g/mol. The number of carbonyl (C=O) groups excluding carboxylic acids is 1. The highest BCUT2D eigenvalue weighted by Crippen LogP contribution is 2.25. The van der Waals surface area contributed by atoms with Crippen LogP contribution in [0.5, 0.6) is 0 Å². The monoisotopic (exact) mass is 344 g/mol. The number of methoxy groups -OCH3 is 1. The van der Waals surface area contributed by atoms with Crippen LogP contribution >= 0.6 is 11.3 Å². The molecule has 1 aromatic carbocycles. The summed E-state index contributed by atoms with van der Waals surface area (Å²) in [5.74, 6) is 0.134. The summed E-state index contributed by atoms with van der Waals surface area (Å²) in [5.41, 5.74) is 3.17. The maximum atomic E-state index is 12.7. The maximum Gasteiger partial charge on any atom is 0.253 e. The molecule has 0 N–H and O–H groups in total. The van der Waals surface area contributed by atoms with Gasteiger partial charge in [-0.25, -0.2) is 0 Å². The van der Waals surface area contributed by atoms with Crippen molar-refractivity contribution >= 4 is 17.2 Å². The third-order valence-corrected chi connectivity index (χ3v) is 5.33. The summed E-state index contributed by atoms with van der Waals surface area (Å²) in [5, 5.41) is 2.16. The van der Waals surface area contributed by atoms with E-state index in [2.05, 4.69) is 23.3 Å². The van der Waals surface area contributed by atoms with Crippen LogP contribution in [0.4, 0.5) is 0 Å². The van der Waals surface area contributed by atoms with E-state index in [-0.39, 0.29) is 5.91 Å². The molecule has 0 aliphatic carbocycles. The highest BCUT2D eigenvalue weighted by atomic mass is 32.1. The van der Waals surface area contributed by atoms with Crippen molar-refractivity contribution in [2.75, 3.05) is 46.4 Å². The average Bonchev–Trinajstić information content (AvgIpc) is 3.06. The predicted molar refractivity (Wildman–Crippen MR) is 98.7 cm³/mol. The summed E-state index contributed by atoms with van der Waals surface area (Å²) in [6.45, 7) is 7.20. The zero-order valence-electron chi connectivity index (χ0n) is 14.3. The van der Waals surface area contributed by atoms with Gasteiger partial charge in [-0.05, 0) is 41.6 Å². The summed E-state index contributed by atoms with van der Waals surface area (Å²) in [4.78, 5) is 18.3. The van der Waals surface area contributed by atoms with E-state index in [9.17, 15) is 4.79 Å². The van der Waals surface area contributed by atoms with Gasteiger partial charge in [0.15, 0.2) is 0 Å². The summed E-state index contributed by atoms with van der Waals surface area (Å²) in [6.07, 6.45) is 0. The summed E-state index contributed by atoms with van der Waals surface area (Å²) < 4.78 is 5.12. The van der Waals surface area contributed by atoms with Gasteiger partial charge in [0, 0.05) is 50.3 Å². The molecular weight excluding hydrogens is 320 g/mol. The molecule has 24 heavy (non-hydrogen) atoms. The van der Waals surface area contributed by atoms with Crippen LogP contribution in [-0.4, -0.2) is 62.1 Å². The number of thiophene rings is 1. The quantitative estimate of drug-likeness (QED) is 0.835. The Hall–Kier alpha value is -1.69. The number of aryl methyl sites for hydroxylation is 1. The van der Waals surface area contributed by atoms with E-state index < -0.39 is 0 Å². The van der Waals surface area contributed by atoms with Gasteiger partial charge >= 0.3 is 0 Å². The molecule has 0 atom stereocenters. The minimum atomic E-state index is 0.134. The first-order valence-corrected chi connectivity index (χ1v) is 9.21. The molecule has 4 nitrogen and oxygen atoms in total. The van der Waals surface area contributed by atoms with Crippen LogP contribution in [0.15, 0.2) is 35.7 Å². The fourth-order valence-corrected chi connectivity index (χ4v) is 3.69. The Morgan fingerprint density at radius 2 is 1.83 bits per heavy atom. The van der Waals surface area contributed by atoms with Crippen molar-refractivity contribution in [3.8, 4) is 11.1 Å². The highest BCUT2D eigenvalue weighted by molar-refractivity contribution is 7.10. The highest BCUT2D eigenvalue weighted by Gasteiger charge is 2.21. The number of benzene rings is 1. The van der Waals surface area contributed by atoms with E-state index in [1.54, 1.807) is 18.4 Å². The number of hydrogen-bond acceptors (Lipinski definition) is 4. The van der Waals surface area contributed by atoms with Gasteiger partial charge in [0.25, 0.3) is 5.91 Å². The zero-order chi connectivity index (χ0) is 16.9. The Morgan fingerprint density at radius 1 is 1.12 bits per heavy atom. The van der Waals surface area contributed by atoms with Crippen molar-refractivity contribution in [3.05, 3.63) is 46.2 Å². The van der Waals surface area contributed by atoms with Crippen LogP contribution in [0.3, 0.4) is 0 Å². The molecule has 0 radical (unpaired) electrons. The van der Waals surface area contributed by atoms with Crippen molar-refractivity contribution in [1.82, 2.24) is 9.80 Å². The lowest BCUT2D eigenvalue weighted by Gasteiger charge is -2.34. The number of rotatable bonds is 5. The molecule has 1 fully saturated rings. The third kappa shape index (κ3) is 4.04. The molecule has 2 heterocycles. The molecule has 1 aliphatic heterocycles. The van der Waals surface area contributed by atoms with Crippen molar-refractivity contribution in [2.24, 2.45) is 0 Å². The number of amides is 1. The van der Waals surface area contributed by atoms with Crippen LogP contribution in [0.25, 0.3) is 11.1 Å². The molecule has 1 aromatic heterocycles. The van der Waals surface area contributed by atoms with Crippen LogP contribution in [0.2, 0.25) is 0 Å². The smallest absolute Gasteiger partial charge is 0.253 e. The van der Waals surface area contributed by atoms with E-state index in [4.69, 9.17) is 4.74 Å². The van der Waals surface area contributed by atoms with Gasteiger partial charge in [0.2, 0.25) is 0 Å². The van der Waals surface area contributed by atoms with E-state index >= 15 is 0 Å². The van der Waals surface area contributed by atoms with Crippen LogP contribution < -0.4 is 0 Å². The van der Waals surface area contributed by atoms with Gasteiger partial charge in [-0.1, -0.05) is 12.1 Å². The lowest BCUT2D eigenvalue weighted by Crippen LogP contribution is -2.49. The van der Waals surface area contributed by atoms with Crippen molar-refractivity contribution < 1.29 is 9.53 Å². The molecule has 0 spiro atoms. The van der Waals surface area contributed by atoms with E-state index in [0.29, 0.717) is 0 Å². The molecule has 1 aliphatic rings. The first-order valence-electron chi connectivity index (χ1n) is 8.33. The molecule has 2 aromatic rings. The molecule has 0 saturated carbocycles. The van der Waals surface area contributed by atoms with Crippen molar-refractivity contribution in [3.63, 3.8) is 0 Å². The summed E-state index contributed by atoms with van der Waals surface area (Å²) in [6, 6.07) is 10.2. The largest absolute Gasteiger partial charge is 0.383 e. The minimum Gasteiger partial charge on any atom is -0.383 e. The first-order chi connectivity index (χ1) is 11.7. The predicted octanol–water partition coefficient (Wildman–Crippen LogP) is 3.13. The molecule has 0 bridgehead atoms. The van der Waals surface area contributed by atoms with Gasteiger partial charge in [0.05, 0.1) is 6.61 Å². The Morgan fingerprint density at radius 3 is 2.42 bits per heavy atom. The first kappa shape index (κ1) is 17.1. The number of nitrogens with zero attached hydrogens (tertiary/aromatic N) is 2. The second-order valence-corrected chi connectivity index (χ2v) is 7.27. The lowest BCUT2D eigenvalue weighted by atomic mass is 10.1. The number of carbonyl (C=O) groups is 1. The second kappa shape index (κ2) is 7.92. The summed E-state index contributed by atoms with van der Waals surface area (Å²) >= 11 is 1.75. The maximum absolute atomic E-state index is 12.7. The fraction of sp³-hybridized carbons (Fsp3) is 0.421. The number of hydrogen-bond donors (Lipinski definition) is 0. The Kier molecular flexibility index (Phi) is 5.66. The SMILES string of the molecule is COCCN1CCN(C(=O)c2ccc(-c3csc(C)c3)cc2)CC1. The standard InChI is InChI=1S/C19H24N2O2S/c1-15-13-18(14-24-15)16-3-5-17(6-4-16)19(22)21-9-7-20(8-10-21)11-12-23-2/h3-6,13-14H,7-12H2,1-2H3. The number of piperazine rings is 1. The zero-order valence-corrected chi connectivity index (χ0v) is 15.1. The van der Waals surface area contributed by atoms with Crippen molar-refractivity contribution in [2.45, 2.75) is 6.92 Å². The Balaban J connectivity index is 1.59. The van der Waals surface area contributed by atoms with Gasteiger partial charge in [-0.2, -0.15) is 0 Å². The van der Waals surface area contributed by atoms with E-state index in [0.717, 1.165) is 44.9 Å². The normalized spacial score (nSPS) is 15.7. The fourth-order valence-electron chi connectivity index (χ4n) is 2.98. The third-order valence-electron chi connectivity index (χ3n) is 4.47.